The molecular formula is C20H24N4O6S. The quantitative estimate of drug-likeness (QED) is 0.617. The van der Waals surface area contributed by atoms with Crippen LogP contribution in [0.3, 0.4) is 0 Å². The summed E-state index contributed by atoms with van der Waals surface area (Å²) in [6.07, 6.45) is 0. The van der Waals surface area contributed by atoms with E-state index in [2.05, 4.69) is 5.32 Å². The molecule has 10 nitrogen and oxygen atoms in total. The first-order valence-electron chi connectivity index (χ1n) is 9.40. The minimum absolute atomic E-state index is 0.00157. The van der Waals surface area contributed by atoms with Crippen molar-refractivity contribution in [2.45, 2.75) is 11.4 Å². The van der Waals surface area contributed by atoms with Gasteiger partial charge in [-0.25, -0.2) is 18.4 Å². The Hall–Kier alpha value is -3.31. The van der Waals surface area contributed by atoms with Crippen molar-refractivity contribution in [2.75, 3.05) is 38.8 Å². The fourth-order valence-electron chi connectivity index (χ4n) is 3.19. The third-order valence-electron chi connectivity index (χ3n) is 4.85. The van der Waals surface area contributed by atoms with E-state index in [-0.39, 0.29) is 29.9 Å². The number of amides is 3. The van der Waals surface area contributed by atoms with Gasteiger partial charge in [-0.05, 0) is 29.8 Å². The monoisotopic (exact) mass is 448 g/mol. The van der Waals surface area contributed by atoms with Crippen LogP contribution in [0, 0.1) is 0 Å². The normalized spacial score (nSPS) is 14.0. The highest BCUT2D eigenvalue weighted by atomic mass is 32.2. The lowest BCUT2D eigenvalue weighted by molar-refractivity contribution is -0.121. The highest BCUT2D eigenvalue weighted by molar-refractivity contribution is 7.89. The molecule has 0 saturated carbocycles. The second kappa shape index (κ2) is 9.23. The van der Waals surface area contributed by atoms with Crippen LogP contribution >= 0.6 is 0 Å². The summed E-state index contributed by atoms with van der Waals surface area (Å²) in [5, 5.41) is 7.79. The Bertz CT molecular complexity index is 1070. The molecule has 0 radical (unpaired) electrons. The molecule has 2 aromatic carbocycles. The average molecular weight is 449 g/mol. The van der Waals surface area contributed by atoms with Crippen LogP contribution in [-0.2, 0) is 21.4 Å². The largest absolute Gasteiger partial charge is 0.497 e. The Morgan fingerprint density at radius 1 is 1.10 bits per heavy atom. The average Bonchev–Trinajstić information content (AvgIpc) is 3.11. The van der Waals surface area contributed by atoms with Crippen LogP contribution in [-0.4, -0.2) is 59.1 Å². The Morgan fingerprint density at radius 3 is 2.42 bits per heavy atom. The molecule has 1 aliphatic rings. The number of hydrogen-bond donors (Lipinski definition) is 2. The molecule has 0 spiro atoms. The molecule has 3 amide bonds. The van der Waals surface area contributed by atoms with Gasteiger partial charge in [0.15, 0.2) is 0 Å². The van der Waals surface area contributed by atoms with E-state index in [1.54, 1.807) is 35.2 Å². The molecule has 166 valence electrons. The van der Waals surface area contributed by atoms with E-state index < -0.39 is 10.0 Å². The summed E-state index contributed by atoms with van der Waals surface area (Å²) in [6, 6.07) is 10.8. The molecule has 3 N–H and O–H groups in total. The van der Waals surface area contributed by atoms with Gasteiger partial charge < -0.3 is 19.7 Å². The Balaban J connectivity index is 1.59. The molecule has 2 aromatic rings. The number of methoxy groups -OCH3 is 2. The zero-order chi connectivity index (χ0) is 22.6. The van der Waals surface area contributed by atoms with Crippen LogP contribution in [0.5, 0.6) is 11.5 Å². The maximum absolute atomic E-state index is 12.8. The van der Waals surface area contributed by atoms with Crippen molar-refractivity contribution in [1.82, 2.24) is 10.2 Å². The number of carbonyl (C=O) groups is 2. The molecule has 0 aromatic heterocycles. The first-order valence-corrected chi connectivity index (χ1v) is 10.9. The lowest BCUT2D eigenvalue weighted by Gasteiger charge is -2.21. The lowest BCUT2D eigenvalue weighted by Crippen LogP contribution is -2.39. The number of benzene rings is 2. The predicted octanol–water partition coefficient (Wildman–Crippen LogP) is 0.910. The smallest absolute Gasteiger partial charge is 0.325 e. The molecule has 1 fully saturated rings. The summed E-state index contributed by atoms with van der Waals surface area (Å²) >= 11 is 0. The van der Waals surface area contributed by atoms with Gasteiger partial charge in [0, 0.05) is 25.7 Å². The van der Waals surface area contributed by atoms with Crippen molar-refractivity contribution in [3.05, 3.63) is 48.0 Å². The number of sulfonamides is 1. The summed E-state index contributed by atoms with van der Waals surface area (Å²) in [4.78, 5) is 28.1. The first-order chi connectivity index (χ1) is 14.7. The van der Waals surface area contributed by atoms with E-state index >= 15 is 0 Å². The van der Waals surface area contributed by atoms with Gasteiger partial charge >= 0.3 is 6.03 Å². The van der Waals surface area contributed by atoms with Crippen molar-refractivity contribution < 1.29 is 27.5 Å². The van der Waals surface area contributed by atoms with Gasteiger partial charge in [0.05, 0.1) is 24.8 Å². The SMILES string of the molecule is COc1ccc(OC)c(N2CCN(CC(=O)NCc3ccc(S(N)(=O)=O)cc3)C2=O)c1. The maximum atomic E-state index is 12.8. The van der Waals surface area contributed by atoms with Crippen LogP contribution in [0.15, 0.2) is 47.4 Å². The number of rotatable bonds is 8. The molecular weight excluding hydrogens is 424 g/mol. The Kier molecular flexibility index (Phi) is 6.66. The van der Waals surface area contributed by atoms with Crippen LogP contribution in [0.2, 0.25) is 0 Å². The molecule has 3 rings (SSSR count). The number of nitrogens with two attached hydrogens (primary N) is 1. The van der Waals surface area contributed by atoms with Gasteiger partial charge in [-0.3, -0.25) is 9.69 Å². The Labute approximate surface area is 180 Å². The van der Waals surface area contributed by atoms with Gasteiger partial charge in [-0.2, -0.15) is 0 Å². The van der Waals surface area contributed by atoms with Gasteiger partial charge in [-0.1, -0.05) is 12.1 Å². The Morgan fingerprint density at radius 2 is 1.81 bits per heavy atom. The lowest BCUT2D eigenvalue weighted by atomic mass is 10.2. The molecule has 0 atom stereocenters. The summed E-state index contributed by atoms with van der Waals surface area (Å²) in [5.74, 6) is 0.792. The molecule has 0 aliphatic carbocycles. The van der Waals surface area contributed by atoms with E-state index in [0.717, 1.165) is 0 Å². The molecule has 11 heteroatoms. The number of hydrogen-bond acceptors (Lipinski definition) is 6. The summed E-state index contributed by atoms with van der Waals surface area (Å²) < 4.78 is 33.2. The summed E-state index contributed by atoms with van der Waals surface area (Å²) in [6.45, 7) is 0.885. The number of nitrogens with one attached hydrogen (secondary N) is 1. The van der Waals surface area contributed by atoms with E-state index in [1.165, 1.54) is 31.3 Å². The first kappa shape index (κ1) is 22.4. The third kappa shape index (κ3) is 5.25. The van der Waals surface area contributed by atoms with Crippen molar-refractivity contribution in [2.24, 2.45) is 5.14 Å². The second-order valence-electron chi connectivity index (χ2n) is 6.86. The summed E-state index contributed by atoms with van der Waals surface area (Å²) in [5.41, 5.74) is 1.28. The number of carbonyl (C=O) groups excluding carboxylic acids is 2. The molecule has 0 unspecified atom stereocenters. The third-order valence-corrected chi connectivity index (χ3v) is 5.78. The highest BCUT2D eigenvalue weighted by Crippen LogP contribution is 2.34. The van der Waals surface area contributed by atoms with Gasteiger partial charge in [0.2, 0.25) is 15.9 Å². The van der Waals surface area contributed by atoms with Gasteiger partial charge in [0.25, 0.3) is 0 Å². The topological polar surface area (TPSA) is 131 Å². The molecule has 0 bridgehead atoms. The number of anilines is 1. The van der Waals surface area contributed by atoms with Crippen LogP contribution < -0.4 is 24.8 Å². The van der Waals surface area contributed by atoms with Crippen molar-refractivity contribution in [1.29, 1.82) is 0 Å². The van der Waals surface area contributed by atoms with Crippen molar-refractivity contribution >= 4 is 27.6 Å². The zero-order valence-corrected chi connectivity index (χ0v) is 18.0. The highest BCUT2D eigenvalue weighted by Gasteiger charge is 2.32. The zero-order valence-electron chi connectivity index (χ0n) is 17.2. The maximum Gasteiger partial charge on any atom is 0.325 e. The standard InChI is InChI=1S/C20H24N4O6S/c1-29-15-5-8-18(30-2)17(11-15)24-10-9-23(20(24)26)13-19(25)22-12-14-3-6-16(7-4-14)31(21,27)28/h3-8,11H,9-10,12-13H2,1-2H3,(H,22,25)(H2,21,27,28). The van der Waals surface area contributed by atoms with E-state index in [0.29, 0.717) is 35.8 Å². The molecule has 1 aliphatic heterocycles. The fourth-order valence-corrected chi connectivity index (χ4v) is 3.70. The molecule has 31 heavy (non-hydrogen) atoms. The van der Waals surface area contributed by atoms with Crippen LogP contribution in [0.4, 0.5) is 10.5 Å². The summed E-state index contributed by atoms with van der Waals surface area (Å²) in [7, 11) is -0.705. The minimum atomic E-state index is -3.76. The van der Waals surface area contributed by atoms with Crippen LogP contribution in [0.1, 0.15) is 5.56 Å². The van der Waals surface area contributed by atoms with Crippen molar-refractivity contribution in [3.8, 4) is 11.5 Å². The van der Waals surface area contributed by atoms with Crippen molar-refractivity contribution in [3.63, 3.8) is 0 Å². The van der Waals surface area contributed by atoms with E-state index in [1.807, 2.05) is 0 Å². The van der Waals surface area contributed by atoms with E-state index in [4.69, 9.17) is 14.6 Å². The van der Waals surface area contributed by atoms with Gasteiger partial charge in [-0.15, -0.1) is 0 Å². The molecule has 1 saturated heterocycles. The fraction of sp³-hybridized carbons (Fsp3) is 0.300. The van der Waals surface area contributed by atoms with E-state index in [9.17, 15) is 18.0 Å². The number of nitrogens with zero attached hydrogens (tertiary/aromatic N) is 2. The number of primary sulfonamides is 1. The van der Waals surface area contributed by atoms with Gasteiger partial charge in [0.1, 0.15) is 18.0 Å². The molecule has 1 heterocycles. The van der Waals surface area contributed by atoms with Crippen LogP contribution in [0.25, 0.3) is 0 Å². The number of urea groups is 1. The number of ether oxygens (including phenoxy) is 2. The predicted molar refractivity (Wildman–Crippen MR) is 114 cm³/mol. The second-order valence-corrected chi connectivity index (χ2v) is 8.42. The minimum Gasteiger partial charge on any atom is -0.497 e.